The first-order valence-corrected chi connectivity index (χ1v) is 13.9. The predicted octanol–water partition coefficient (Wildman–Crippen LogP) is 2.64. The maximum absolute atomic E-state index is 15.2. The highest BCUT2D eigenvalue weighted by Crippen LogP contribution is 2.40. The van der Waals surface area contributed by atoms with Gasteiger partial charge in [-0.25, -0.2) is 15.9 Å². The molecule has 2 fully saturated rings. The number of aliphatic hydroxyl groups is 1. The van der Waals surface area contributed by atoms with E-state index >= 15 is 4.39 Å². The zero-order chi connectivity index (χ0) is 29.4. The Bertz CT molecular complexity index is 1350. The lowest BCUT2D eigenvalue weighted by atomic mass is 9.85. The van der Waals surface area contributed by atoms with Gasteiger partial charge in [0.05, 0.1) is 29.7 Å². The van der Waals surface area contributed by atoms with Gasteiger partial charge in [0.1, 0.15) is 23.9 Å². The van der Waals surface area contributed by atoms with Crippen molar-refractivity contribution in [1.82, 2.24) is 20.5 Å². The number of amides is 3. The number of aryl methyl sites for hydroxylation is 1. The van der Waals surface area contributed by atoms with Crippen LogP contribution in [0.5, 0.6) is 5.75 Å². The summed E-state index contributed by atoms with van der Waals surface area (Å²) >= 11 is 1.50. The minimum atomic E-state index is -2.02. The Morgan fingerprint density at radius 2 is 2.05 bits per heavy atom. The molecule has 0 spiro atoms. The van der Waals surface area contributed by atoms with E-state index in [-0.39, 0.29) is 6.54 Å². The van der Waals surface area contributed by atoms with Crippen LogP contribution in [0.3, 0.4) is 0 Å². The third kappa shape index (κ3) is 5.67. The second-order valence-electron chi connectivity index (χ2n) is 11.4. The third-order valence-electron chi connectivity index (χ3n) is 7.44. The Morgan fingerprint density at radius 1 is 1.35 bits per heavy atom. The summed E-state index contributed by atoms with van der Waals surface area (Å²) in [5.41, 5.74) is 2.21. The van der Waals surface area contributed by atoms with E-state index < -0.39 is 59.6 Å². The van der Waals surface area contributed by atoms with Gasteiger partial charge < -0.3 is 25.4 Å². The molecule has 0 unspecified atom stereocenters. The number of carbonyl (C=O) groups excluding carboxylic acids is 3. The molecule has 40 heavy (non-hydrogen) atoms. The van der Waals surface area contributed by atoms with Crippen LogP contribution in [0.25, 0.3) is 15.3 Å². The number of likely N-dealkylation sites (tertiary alicyclic amines) is 1. The summed E-state index contributed by atoms with van der Waals surface area (Å²) in [6.45, 7) is 14.0. The average Bonchev–Trinajstić information content (AvgIpc) is 3.52. The van der Waals surface area contributed by atoms with E-state index in [1.165, 1.54) is 18.4 Å². The zero-order valence-electron chi connectivity index (χ0n) is 23.2. The summed E-state index contributed by atoms with van der Waals surface area (Å²) < 4.78 is 20.7. The van der Waals surface area contributed by atoms with Crippen molar-refractivity contribution in [2.45, 2.75) is 77.0 Å². The Kier molecular flexibility index (Phi) is 8.19. The molecule has 0 bridgehead atoms. The first-order chi connectivity index (χ1) is 18.8. The Labute approximate surface area is 236 Å². The van der Waals surface area contributed by atoms with E-state index in [9.17, 15) is 19.5 Å². The smallest absolute Gasteiger partial charge is 0.309 e. The number of rotatable bonds is 8. The lowest BCUT2D eigenvalue weighted by Gasteiger charge is -2.35. The fourth-order valence-corrected chi connectivity index (χ4v) is 5.60. The van der Waals surface area contributed by atoms with Gasteiger partial charge in [-0.2, -0.15) is 0 Å². The van der Waals surface area contributed by atoms with E-state index in [2.05, 4.69) is 20.5 Å². The summed E-state index contributed by atoms with van der Waals surface area (Å²) in [6.07, 6.45) is -2.77. The van der Waals surface area contributed by atoms with Crippen LogP contribution in [0.1, 0.15) is 44.9 Å². The molecule has 2 heterocycles. The number of ether oxygens (including phenoxy) is 1. The number of halogens is 1. The molecule has 1 aromatic carbocycles. The van der Waals surface area contributed by atoms with Crippen molar-refractivity contribution >= 4 is 29.1 Å². The van der Waals surface area contributed by atoms with Gasteiger partial charge in [-0.05, 0) is 24.0 Å². The predicted molar refractivity (Wildman–Crippen MR) is 147 cm³/mol. The molecular weight excluding hydrogens is 537 g/mol. The number of alkyl halides is 1. The molecule has 1 aliphatic heterocycles. The molecule has 214 valence electrons. The third-order valence-corrected chi connectivity index (χ3v) is 8.41. The molecule has 3 N–H and O–H groups in total. The van der Waals surface area contributed by atoms with Crippen LogP contribution >= 0.6 is 11.3 Å². The Balaban J connectivity index is 1.51. The van der Waals surface area contributed by atoms with Crippen molar-refractivity contribution in [3.8, 4) is 16.2 Å². The van der Waals surface area contributed by atoms with Crippen molar-refractivity contribution < 1.29 is 28.6 Å². The minimum absolute atomic E-state index is 0.00172. The van der Waals surface area contributed by atoms with Gasteiger partial charge in [0.2, 0.25) is 11.8 Å². The largest absolute Gasteiger partial charge is 0.496 e. The normalized spacial score (nSPS) is 22.2. The lowest BCUT2D eigenvalue weighted by molar-refractivity contribution is -0.145. The molecule has 1 saturated carbocycles. The number of benzene rings is 1. The number of nitrogens with zero attached hydrogens (tertiary/aromatic N) is 3. The zero-order valence-corrected chi connectivity index (χ0v) is 24.0. The fraction of sp³-hybridized carbons (Fsp3) is 0.536. The van der Waals surface area contributed by atoms with Gasteiger partial charge in [-0.15, -0.1) is 11.3 Å². The minimum Gasteiger partial charge on any atom is -0.496 e. The van der Waals surface area contributed by atoms with Crippen LogP contribution in [-0.2, 0) is 20.9 Å². The van der Waals surface area contributed by atoms with Crippen molar-refractivity contribution in [3.05, 3.63) is 46.4 Å². The van der Waals surface area contributed by atoms with Crippen molar-refractivity contribution in [1.29, 1.82) is 0 Å². The standard InChI is InChI=1S/C28H34FN5O5S/c1-15-22(40-14-32-15)16-7-8-17(19(11-16)39-6)12-31-24(36)21-20(29)18(35)13-34(21)25(37)23(27(2,3)4)33-26(38)28(30-5)9-10-28/h7-8,11,14,18,20-21,23,35H,9-10,12-13H2,1-4,6H3,(H,31,36)(H,33,38)/t18-,20-,21-,23+/m0/s1. The average molecular weight is 572 g/mol. The molecule has 12 heteroatoms. The molecule has 4 rings (SSSR count). The van der Waals surface area contributed by atoms with Crippen molar-refractivity contribution in [3.63, 3.8) is 0 Å². The number of aromatic nitrogens is 1. The van der Waals surface area contributed by atoms with Gasteiger partial charge in [-0.3, -0.25) is 19.2 Å². The summed E-state index contributed by atoms with van der Waals surface area (Å²) in [6, 6.07) is 2.79. The van der Waals surface area contributed by atoms with Crippen LogP contribution in [0, 0.1) is 18.9 Å². The lowest BCUT2D eigenvalue weighted by Crippen LogP contribution is -2.59. The number of nitrogens with one attached hydrogen (secondary N) is 2. The molecule has 3 amide bonds. The number of hydrogen-bond acceptors (Lipinski definition) is 7. The van der Waals surface area contributed by atoms with Crippen LogP contribution in [0.4, 0.5) is 4.39 Å². The first-order valence-electron chi connectivity index (χ1n) is 13.0. The van der Waals surface area contributed by atoms with Crippen LogP contribution in [0.2, 0.25) is 0 Å². The maximum atomic E-state index is 15.2. The van der Waals surface area contributed by atoms with Gasteiger partial charge in [0.15, 0.2) is 6.17 Å². The van der Waals surface area contributed by atoms with E-state index in [0.717, 1.165) is 21.0 Å². The number of methoxy groups -OCH3 is 1. The number of aliphatic hydroxyl groups excluding tert-OH is 1. The fourth-order valence-electron chi connectivity index (χ4n) is 4.80. The monoisotopic (exact) mass is 571 g/mol. The second-order valence-corrected chi connectivity index (χ2v) is 12.2. The van der Waals surface area contributed by atoms with Gasteiger partial charge in [0.25, 0.3) is 0 Å². The van der Waals surface area contributed by atoms with Crippen molar-refractivity contribution in [2.24, 2.45) is 5.41 Å². The summed E-state index contributed by atoms with van der Waals surface area (Å²) in [5, 5.41) is 15.6. The Hall–Kier alpha value is -3.56. The summed E-state index contributed by atoms with van der Waals surface area (Å²) in [7, 11) is 1.51. The number of thiazole rings is 1. The maximum Gasteiger partial charge on any atom is 0.309 e. The summed E-state index contributed by atoms with van der Waals surface area (Å²) in [4.78, 5) is 49.4. The van der Waals surface area contributed by atoms with E-state index in [0.29, 0.717) is 24.2 Å². The van der Waals surface area contributed by atoms with Crippen LogP contribution in [0.15, 0.2) is 23.7 Å². The molecule has 1 aliphatic carbocycles. The topological polar surface area (TPSA) is 125 Å². The quantitative estimate of drug-likeness (QED) is 0.419. The second kappa shape index (κ2) is 11.1. The Morgan fingerprint density at radius 3 is 2.60 bits per heavy atom. The van der Waals surface area contributed by atoms with E-state index in [1.807, 2.05) is 19.1 Å². The van der Waals surface area contributed by atoms with Crippen LogP contribution in [-0.4, -0.2) is 76.3 Å². The highest BCUT2D eigenvalue weighted by Gasteiger charge is 2.60. The molecule has 4 atom stereocenters. The van der Waals surface area contributed by atoms with Gasteiger partial charge in [0, 0.05) is 24.9 Å². The number of hydrogen-bond donors (Lipinski definition) is 3. The molecule has 0 radical (unpaired) electrons. The SMILES string of the molecule is [C-]#[N+]C1(C(=O)N[C@H](C(=O)N2C[C@H](O)[C@H](F)[C@H]2C(=O)NCc2ccc(-c3scnc3C)cc2OC)C(C)(C)C)CC1. The molecule has 1 saturated heterocycles. The first kappa shape index (κ1) is 29.4. The highest BCUT2D eigenvalue weighted by molar-refractivity contribution is 7.13. The molecular formula is C28H34FN5O5S. The summed E-state index contributed by atoms with van der Waals surface area (Å²) in [5.74, 6) is -1.51. The number of β-amino-alcohol motifs (C(OH)–C–C–N with tert-alkyl or cyclic N) is 1. The van der Waals surface area contributed by atoms with Crippen LogP contribution < -0.4 is 15.4 Å². The number of carbonyl (C=O) groups is 3. The molecule has 2 aliphatic rings. The van der Waals surface area contributed by atoms with Gasteiger partial charge in [-0.1, -0.05) is 32.9 Å². The van der Waals surface area contributed by atoms with E-state index in [1.54, 1.807) is 32.3 Å². The van der Waals surface area contributed by atoms with E-state index in [4.69, 9.17) is 11.3 Å². The molecule has 10 nitrogen and oxygen atoms in total. The molecule has 1 aromatic heterocycles. The molecule has 2 aromatic rings. The highest BCUT2D eigenvalue weighted by atomic mass is 32.1. The van der Waals surface area contributed by atoms with Gasteiger partial charge >= 0.3 is 11.4 Å². The van der Waals surface area contributed by atoms with Crippen molar-refractivity contribution in [2.75, 3.05) is 13.7 Å².